The van der Waals surface area contributed by atoms with Crippen molar-refractivity contribution in [1.82, 2.24) is 15.5 Å². The molecule has 2 N–H and O–H groups in total. The Bertz CT molecular complexity index is 382. The first kappa shape index (κ1) is 14.7. The largest absolute Gasteiger partial charge is 0.407 e. The molecule has 1 aromatic heterocycles. The molecule has 0 aromatic carbocycles. The van der Waals surface area contributed by atoms with Crippen LogP contribution in [0.3, 0.4) is 0 Å². The van der Waals surface area contributed by atoms with E-state index in [9.17, 15) is 0 Å². The van der Waals surface area contributed by atoms with Crippen LogP contribution in [0, 0.1) is 5.92 Å². The van der Waals surface area contributed by atoms with Crippen molar-refractivity contribution in [3.63, 3.8) is 0 Å². The molecule has 2 atom stereocenters. The summed E-state index contributed by atoms with van der Waals surface area (Å²) in [5, 5.41) is 15.5. The predicted molar refractivity (Wildman–Crippen MR) is 79.4 cm³/mol. The minimum Gasteiger partial charge on any atom is -0.407 e. The third kappa shape index (κ3) is 4.38. The average Bonchev–Trinajstić information content (AvgIpc) is 2.98. The molecule has 1 saturated carbocycles. The summed E-state index contributed by atoms with van der Waals surface area (Å²) in [4.78, 5) is 0. The van der Waals surface area contributed by atoms with E-state index in [2.05, 4.69) is 40.9 Å². The Morgan fingerprint density at radius 3 is 2.95 bits per heavy atom. The molecule has 0 radical (unpaired) electrons. The molecule has 19 heavy (non-hydrogen) atoms. The van der Waals surface area contributed by atoms with E-state index >= 15 is 0 Å². The SMILES string of the molecule is CSC1CCCC1Nc1nnc(CNCC(C)C)o1. The fraction of sp³-hybridized carbons (Fsp3) is 0.846. The fourth-order valence-corrected chi connectivity index (χ4v) is 3.32. The monoisotopic (exact) mass is 284 g/mol. The fourth-order valence-electron chi connectivity index (χ4n) is 2.38. The van der Waals surface area contributed by atoms with E-state index in [1.807, 2.05) is 11.8 Å². The second kappa shape index (κ2) is 7.14. The van der Waals surface area contributed by atoms with E-state index in [0.717, 1.165) is 6.54 Å². The van der Waals surface area contributed by atoms with Crippen molar-refractivity contribution in [3.05, 3.63) is 5.89 Å². The van der Waals surface area contributed by atoms with Gasteiger partial charge in [0.25, 0.3) is 0 Å². The van der Waals surface area contributed by atoms with Gasteiger partial charge in [-0.2, -0.15) is 11.8 Å². The molecule has 0 bridgehead atoms. The van der Waals surface area contributed by atoms with Gasteiger partial charge < -0.3 is 15.1 Å². The Hall–Kier alpha value is -0.750. The van der Waals surface area contributed by atoms with Gasteiger partial charge in [0.05, 0.1) is 6.54 Å². The lowest BCUT2D eigenvalue weighted by molar-refractivity contribution is 0.456. The lowest BCUT2D eigenvalue weighted by atomic mass is 10.2. The lowest BCUT2D eigenvalue weighted by Crippen LogP contribution is -2.25. The number of rotatable bonds is 7. The van der Waals surface area contributed by atoms with Gasteiger partial charge in [0.2, 0.25) is 5.89 Å². The number of thioether (sulfide) groups is 1. The molecular weight excluding hydrogens is 260 g/mol. The highest BCUT2D eigenvalue weighted by molar-refractivity contribution is 7.99. The first-order chi connectivity index (χ1) is 9.19. The van der Waals surface area contributed by atoms with Crippen LogP contribution in [0.2, 0.25) is 0 Å². The van der Waals surface area contributed by atoms with Crippen molar-refractivity contribution in [2.45, 2.75) is 50.9 Å². The van der Waals surface area contributed by atoms with Gasteiger partial charge in [-0.05, 0) is 31.6 Å². The zero-order valence-corrected chi connectivity index (χ0v) is 12.8. The number of anilines is 1. The van der Waals surface area contributed by atoms with E-state index in [-0.39, 0.29) is 0 Å². The highest BCUT2D eigenvalue weighted by Gasteiger charge is 2.27. The van der Waals surface area contributed by atoms with Crippen molar-refractivity contribution in [3.8, 4) is 0 Å². The summed E-state index contributed by atoms with van der Waals surface area (Å²) in [6.07, 6.45) is 5.91. The molecule has 1 aliphatic rings. The lowest BCUT2D eigenvalue weighted by Gasteiger charge is -2.17. The number of aromatic nitrogens is 2. The minimum atomic E-state index is 0.465. The minimum absolute atomic E-state index is 0.465. The van der Waals surface area contributed by atoms with E-state index in [1.165, 1.54) is 19.3 Å². The maximum Gasteiger partial charge on any atom is 0.315 e. The van der Waals surface area contributed by atoms with E-state index in [4.69, 9.17) is 4.42 Å². The van der Waals surface area contributed by atoms with Crippen molar-refractivity contribution < 1.29 is 4.42 Å². The molecule has 2 unspecified atom stereocenters. The Morgan fingerprint density at radius 2 is 2.21 bits per heavy atom. The Morgan fingerprint density at radius 1 is 1.37 bits per heavy atom. The highest BCUT2D eigenvalue weighted by atomic mass is 32.2. The van der Waals surface area contributed by atoms with Crippen LogP contribution >= 0.6 is 11.8 Å². The average molecular weight is 284 g/mol. The molecule has 5 nitrogen and oxygen atoms in total. The third-order valence-electron chi connectivity index (χ3n) is 3.36. The number of hydrogen-bond acceptors (Lipinski definition) is 6. The normalized spacial score (nSPS) is 23.2. The number of hydrogen-bond donors (Lipinski definition) is 2. The summed E-state index contributed by atoms with van der Waals surface area (Å²) in [6.45, 7) is 5.96. The van der Waals surface area contributed by atoms with Crippen LogP contribution in [0.25, 0.3) is 0 Å². The first-order valence-electron chi connectivity index (χ1n) is 7.01. The molecule has 0 aliphatic heterocycles. The molecule has 0 spiro atoms. The standard InChI is InChI=1S/C13H24N4OS/c1-9(2)7-14-8-12-16-17-13(18-12)15-10-5-4-6-11(10)19-3/h9-11,14H,4-8H2,1-3H3,(H,15,17). The van der Waals surface area contributed by atoms with Crippen LogP contribution < -0.4 is 10.6 Å². The van der Waals surface area contributed by atoms with Gasteiger partial charge in [-0.3, -0.25) is 0 Å². The number of nitrogens with one attached hydrogen (secondary N) is 2. The number of nitrogens with zero attached hydrogens (tertiary/aromatic N) is 2. The Labute approximate surface area is 119 Å². The van der Waals surface area contributed by atoms with Gasteiger partial charge in [0.1, 0.15) is 0 Å². The molecule has 1 heterocycles. The van der Waals surface area contributed by atoms with Gasteiger partial charge in [0.15, 0.2) is 0 Å². The van der Waals surface area contributed by atoms with Crippen LogP contribution in [0.5, 0.6) is 0 Å². The Kier molecular flexibility index (Phi) is 5.51. The zero-order valence-electron chi connectivity index (χ0n) is 12.0. The van der Waals surface area contributed by atoms with Crippen LogP contribution in [0.1, 0.15) is 39.0 Å². The molecule has 0 saturated heterocycles. The Balaban J connectivity index is 1.80. The molecule has 0 amide bonds. The smallest absolute Gasteiger partial charge is 0.315 e. The first-order valence-corrected chi connectivity index (χ1v) is 8.30. The topological polar surface area (TPSA) is 63.0 Å². The molecule has 108 valence electrons. The maximum absolute atomic E-state index is 5.62. The molecule has 1 fully saturated rings. The van der Waals surface area contributed by atoms with Gasteiger partial charge in [-0.25, -0.2) is 0 Å². The van der Waals surface area contributed by atoms with Gasteiger partial charge in [0, 0.05) is 11.3 Å². The van der Waals surface area contributed by atoms with E-state index in [0.29, 0.717) is 35.7 Å². The van der Waals surface area contributed by atoms with Crippen molar-refractivity contribution in [2.75, 3.05) is 18.1 Å². The quantitative estimate of drug-likeness (QED) is 0.802. The van der Waals surface area contributed by atoms with Crippen molar-refractivity contribution in [2.24, 2.45) is 5.92 Å². The van der Waals surface area contributed by atoms with Crippen molar-refractivity contribution >= 4 is 17.8 Å². The summed E-state index contributed by atoms with van der Waals surface area (Å²) in [6, 6.07) is 1.03. The molecule has 1 aliphatic carbocycles. The van der Waals surface area contributed by atoms with Crippen LogP contribution in [0.15, 0.2) is 4.42 Å². The summed E-state index contributed by atoms with van der Waals surface area (Å²) in [5.41, 5.74) is 0. The molecule has 1 aromatic rings. The predicted octanol–water partition coefficient (Wildman–Crippen LogP) is 2.51. The van der Waals surface area contributed by atoms with E-state index in [1.54, 1.807) is 0 Å². The van der Waals surface area contributed by atoms with Gasteiger partial charge >= 0.3 is 6.01 Å². The van der Waals surface area contributed by atoms with Gasteiger partial charge in [-0.15, -0.1) is 5.10 Å². The van der Waals surface area contributed by atoms with Crippen molar-refractivity contribution in [1.29, 1.82) is 0 Å². The van der Waals surface area contributed by atoms with Crippen LogP contribution in [-0.4, -0.2) is 34.3 Å². The summed E-state index contributed by atoms with van der Waals surface area (Å²) >= 11 is 1.92. The molecular formula is C13H24N4OS. The third-order valence-corrected chi connectivity index (χ3v) is 4.53. The van der Waals surface area contributed by atoms with Crippen LogP contribution in [0.4, 0.5) is 6.01 Å². The van der Waals surface area contributed by atoms with E-state index < -0.39 is 0 Å². The second-order valence-corrected chi connectivity index (χ2v) is 6.56. The molecule has 6 heteroatoms. The summed E-state index contributed by atoms with van der Waals surface area (Å²) in [7, 11) is 0. The summed E-state index contributed by atoms with van der Waals surface area (Å²) in [5.74, 6) is 1.28. The maximum atomic E-state index is 5.62. The second-order valence-electron chi connectivity index (χ2n) is 5.48. The molecule has 2 rings (SSSR count). The van der Waals surface area contributed by atoms with Gasteiger partial charge in [-0.1, -0.05) is 25.4 Å². The highest BCUT2D eigenvalue weighted by Crippen LogP contribution is 2.30. The zero-order chi connectivity index (χ0) is 13.7. The summed E-state index contributed by atoms with van der Waals surface area (Å²) < 4.78 is 5.62. The van der Waals surface area contributed by atoms with Crippen LogP contribution in [-0.2, 0) is 6.54 Å².